The average molecular weight is 293 g/mol. The van der Waals surface area contributed by atoms with Crippen molar-refractivity contribution in [1.82, 2.24) is 15.2 Å². The van der Waals surface area contributed by atoms with Crippen LogP contribution >= 0.6 is 11.3 Å². The first-order valence-electron chi connectivity index (χ1n) is 6.62. The van der Waals surface area contributed by atoms with Crippen LogP contribution in [0.1, 0.15) is 29.6 Å². The summed E-state index contributed by atoms with van der Waals surface area (Å²) in [7, 11) is 4.15. The van der Waals surface area contributed by atoms with Crippen LogP contribution in [0.3, 0.4) is 0 Å². The minimum atomic E-state index is -0.300. The van der Waals surface area contributed by atoms with Gasteiger partial charge < -0.3 is 10.2 Å². The Bertz CT molecular complexity index is 510. The van der Waals surface area contributed by atoms with Crippen LogP contribution in [0.15, 0.2) is 35.8 Å². The normalized spacial score (nSPS) is 14.4. The lowest BCUT2D eigenvalue weighted by Gasteiger charge is -2.25. The van der Waals surface area contributed by atoms with Crippen molar-refractivity contribution in [2.75, 3.05) is 20.6 Å². The SMILES string of the molecule is CC(NCC(c1cccs1)N(C)C)c1ccc(F)cn1. The first-order valence-corrected chi connectivity index (χ1v) is 7.50. The molecule has 2 aromatic heterocycles. The van der Waals surface area contributed by atoms with Crippen LogP contribution < -0.4 is 5.32 Å². The third-order valence-corrected chi connectivity index (χ3v) is 4.28. The maximum atomic E-state index is 12.9. The van der Waals surface area contributed by atoms with E-state index in [0.717, 1.165) is 12.2 Å². The zero-order valence-corrected chi connectivity index (χ0v) is 12.8. The van der Waals surface area contributed by atoms with E-state index in [4.69, 9.17) is 0 Å². The van der Waals surface area contributed by atoms with E-state index in [2.05, 4.69) is 46.8 Å². The topological polar surface area (TPSA) is 28.2 Å². The number of halogens is 1. The van der Waals surface area contributed by atoms with Crippen molar-refractivity contribution in [1.29, 1.82) is 0 Å². The molecule has 0 aliphatic carbocycles. The number of nitrogens with zero attached hydrogens (tertiary/aromatic N) is 2. The Morgan fingerprint density at radius 1 is 1.35 bits per heavy atom. The van der Waals surface area contributed by atoms with Gasteiger partial charge in [0.25, 0.3) is 0 Å². The molecule has 20 heavy (non-hydrogen) atoms. The van der Waals surface area contributed by atoms with E-state index in [1.807, 2.05) is 6.92 Å². The molecule has 2 rings (SSSR count). The van der Waals surface area contributed by atoms with Gasteiger partial charge in [0.15, 0.2) is 0 Å². The lowest BCUT2D eigenvalue weighted by molar-refractivity contribution is 0.285. The lowest BCUT2D eigenvalue weighted by atomic mass is 10.1. The molecule has 1 N–H and O–H groups in total. The highest BCUT2D eigenvalue weighted by Crippen LogP contribution is 2.23. The predicted molar refractivity (Wildman–Crippen MR) is 81.4 cm³/mol. The van der Waals surface area contributed by atoms with E-state index in [1.54, 1.807) is 17.4 Å². The van der Waals surface area contributed by atoms with Gasteiger partial charge in [0, 0.05) is 17.5 Å². The molecule has 2 heterocycles. The molecule has 0 bridgehead atoms. The summed E-state index contributed by atoms with van der Waals surface area (Å²) in [5, 5.41) is 5.56. The number of pyridine rings is 1. The number of rotatable bonds is 6. The Morgan fingerprint density at radius 2 is 2.15 bits per heavy atom. The molecule has 0 amide bonds. The largest absolute Gasteiger partial charge is 0.307 e. The van der Waals surface area contributed by atoms with Gasteiger partial charge in [-0.3, -0.25) is 4.98 Å². The van der Waals surface area contributed by atoms with Crippen LogP contribution in [0.4, 0.5) is 4.39 Å². The summed E-state index contributed by atoms with van der Waals surface area (Å²) in [6, 6.07) is 7.82. The summed E-state index contributed by atoms with van der Waals surface area (Å²) in [5.74, 6) is -0.300. The summed E-state index contributed by atoms with van der Waals surface area (Å²) in [4.78, 5) is 7.65. The second-order valence-corrected chi connectivity index (χ2v) is 6.01. The fourth-order valence-corrected chi connectivity index (χ4v) is 2.98. The molecule has 0 fully saturated rings. The van der Waals surface area contributed by atoms with Crippen molar-refractivity contribution >= 4 is 11.3 Å². The molecule has 0 saturated carbocycles. The molecule has 108 valence electrons. The minimum Gasteiger partial charge on any atom is -0.307 e. The zero-order chi connectivity index (χ0) is 14.5. The van der Waals surface area contributed by atoms with Gasteiger partial charge in [-0.15, -0.1) is 11.3 Å². The Kier molecular flexibility index (Phi) is 5.23. The highest BCUT2D eigenvalue weighted by molar-refractivity contribution is 7.10. The first kappa shape index (κ1) is 15.1. The molecular formula is C15H20FN3S. The summed E-state index contributed by atoms with van der Waals surface area (Å²) >= 11 is 1.76. The Labute approximate surface area is 123 Å². The van der Waals surface area contributed by atoms with Crippen molar-refractivity contribution in [2.24, 2.45) is 0 Å². The van der Waals surface area contributed by atoms with E-state index >= 15 is 0 Å². The van der Waals surface area contributed by atoms with Gasteiger partial charge in [-0.05, 0) is 44.6 Å². The summed E-state index contributed by atoms with van der Waals surface area (Å²) < 4.78 is 12.9. The standard InChI is InChI=1S/C15H20FN3S/c1-11(13-7-6-12(16)9-18-13)17-10-14(19(2)3)15-5-4-8-20-15/h4-9,11,14,17H,10H2,1-3H3. The molecule has 0 aromatic carbocycles. The fourth-order valence-electron chi connectivity index (χ4n) is 2.05. The Balaban J connectivity index is 1.97. The van der Waals surface area contributed by atoms with Gasteiger partial charge in [-0.2, -0.15) is 0 Å². The van der Waals surface area contributed by atoms with Gasteiger partial charge >= 0.3 is 0 Å². The maximum absolute atomic E-state index is 12.9. The molecule has 0 aliphatic heterocycles. The number of hydrogen-bond donors (Lipinski definition) is 1. The van der Waals surface area contributed by atoms with E-state index in [0.29, 0.717) is 6.04 Å². The first-order chi connectivity index (χ1) is 9.58. The third-order valence-electron chi connectivity index (χ3n) is 3.31. The monoisotopic (exact) mass is 293 g/mol. The summed E-state index contributed by atoms with van der Waals surface area (Å²) in [6.45, 7) is 2.87. The third kappa shape index (κ3) is 3.85. The van der Waals surface area contributed by atoms with Crippen LogP contribution in [0, 0.1) is 5.82 Å². The molecule has 2 aromatic rings. The molecule has 0 aliphatic rings. The highest BCUT2D eigenvalue weighted by atomic mass is 32.1. The molecule has 2 atom stereocenters. The van der Waals surface area contributed by atoms with Gasteiger partial charge in [-0.25, -0.2) is 4.39 Å². The van der Waals surface area contributed by atoms with Crippen molar-refractivity contribution in [2.45, 2.75) is 19.0 Å². The van der Waals surface area contributed by atoms with Crippen LogP contribution in [-0.2, 0) is 0 Å². The molecule has 0 radical (unpaired) electrons. The van der Waals surface area contributed by atoms with E-state index in [1.165, 1.54) is 17.1 Å². The van der Waals surface area contributed by atoms with Crippen LogP contribution in [0.25, 0.3) is 0 Å². The van der Waals surface area contributed by atoms with Crippen molar-refractivity contribution < 1.29 is 4.39 Å². The van der Waals surface area contributed by atoms with Crippen LogP contribution in [-0.4, -0.2) is 30.5 Å². The zero-order valence-electron chi connectivity index (χ0n) is 12.0. The van der Waals surface area contributed by atoms with Crippen LogP contribution in [0.2, 0.25) is 0 Å². The van der Waals surface area contributed by atoms with E-state index < -0.39 is 0 Å². The van der Waals surface area contributed by atoms with E-state index in [9.17, 15) is 4.39 Å². The highest BCUT2D eigenvalue weighted by Gasteiger charge is 2.16. The minimum absolute atomic E-state index is 0.0954. The number of likely N-dealkylation sites (N-methyl/N-ethyl adjacent to an activating group) is 1. The van der Waals surface area contributed by atoms with Gasteiger partial charge in [0.2, 0.25) is 0 Å². The van der Waals surface area contributed by atoms with Gasteiger partial charge in [0.1, 0.15) is 5.82 Å². The number of nitrogens with one attached hydrogen (secondary N) is 1. The lowest BCUT2D eigenvalue weighted by Crippen LogP contribution is -2.32. The maximum Gasteiger partial charge on any atom is 0.141 e. The molecule has 0 spiro atoms. The van der Waals surface area contributed by atoms with Gasteiger partial charge in [0.05, 0.1) is 17.9 Å². The predicted octanol–water partition coefficient (Wildman–Crippen LogP) is 3.24. The molecule has 5 heteroatoms. The quantitative estimate of drug-likeness (QED) is 0.886. The summed E-state index contributed by atoms with van der Waals surface area (Å²) in [6.07, 6.45) is 1.26. The van der Waals surface area contributed by atoms with E-state index in [-0.39, 0.29) is 11.9 Å². The van der Waals surface area contributed by atoms with Crippen molar-refractivity contribution in [3.05, 3.63) is 52.2 Å². The van der Waals surface area contributed by atoms with Gasteiger partial charge in [-0.1, -0.05) is 6.07 Å². The average Bonchev–Trinajstić information content (AvgIpc) is 2.93. The molecule has 0 saturated heterocycles. The summed E-state index contributed by atoms with van der Waals surface area (Å²) in [5.41, 5.74) is 0.857. The molecule has 3 nitrogen and oxygen atoms in total. The van der Waals surface area contributed by atoms with Crippen molar-refractivity contribution in [3.63, 3.8) is 0 Å². The number of aromatic nitrogens is 1. The fraction of sp³-hybridized carbons (Fsp3) is 0.400. The Morgan fingerprint density at radius 3 is 2.70 bits per heavy atom. The smallest absolute Gasteiger partial charge is 0.141 e. The second kappa shape index (κ2) is 6.92. The number of thiophene rings is 1. The second-order valence-electron chi connectivity index (χ2n) is 5.03. The Hall–Kier alpha value is -1.30. The molecule has 2 unspecified atom stereocenters. The van der Waals surface area contributed by atoms with Crippen LogP contribution in [0.5, 0.6) is 0 Å². The molecular weight excluding hydrogens is 273 g/mol. The number of hydrogen-bond acceptors (Lipinski definition) is 4. The van der Waals surface area contributed by atoms with Crippen molar-refractivity contribution in [3.8, 4) is 0 Å².